The van der Waals surface area contributed by atoms with Crippen molar-refractivity contribution in [3.8, 4) is 11.3 Å². The van der Waals surface area contributed by atoms with Crippen LogP contribution in [0.25, 0.3) is 11.3 Å². The standard InChI is InChI=1S/C26H27ClN2O5/c1-3-33-26(32)29(22-10-5-4-9-21(22)27)23-16(2)28-34-24(23)20-8-6-7-19(15-20)17-11-13-18(14-12-17)25(30)31/h4-10,15,17-18H,3,11-14H2,1-2H3,(H,30,31). The molecule has 0 bridgehead atoms. The second-order valence-corrected chi connectivity index (χ2v) is 8.85. The Hall–Kier alpha value is -3.32. The fourth-order valence-electron chi connectivity index (χ4n) is 4.56. The van der Waals surface area contributed by atoms with Gasteiger partial charge in [0.1, 0.15) is 11.4 Å². The van der Waals surface area contributed by atoms with E-state index < -0.39 is 12.1 Å². The maximum Gasteiger partial charge on any atom is 0.419 e. The van der Waals surface area contributed by atoms with E-state index in [1.165, 1.54) is 4.90 Å². The molecular formula is C26H27ClN2O5. The Kier molecular flexibility index (Phi) is 7.22. The van der Waals surface area contributed by atoms with E-state index in [9.17, 15) is 14.7 Å². The molecule has 178 valence electrons. The number of para-hydroxylation sites is 1. The number of rotatable bonds is 6. The SMILES string of the molecule is CCOC(=O)N(c1ccccc1Cl)c1c(C)noc1-c1cccc(C2CCC(C(=O)O)CC2)c1. The predicted octanol–water partition coefficient (Wildman–Crippen LogP) is 6.96. The first-order chi connectivity index (χ1) is 16.4. The molecule has 2 aromatic carbocycles. The van der Waals surface area contributed by atoms with Gasteiger partial charge < -0.3 is 14.4 Å². The van der Waals surface area contributed by atoms with Gasteiger partial charge >= 0.3 is 12.1 Å². The average molecular weight is 483 g/mol. The van der Waals surface area contributed by atoms with Gasteiger partial charge in [0.15, 0.2) is 5.76 Å². The molecule has 8 heteroatoms. The minimum absolute atomic E-state index is 0.202. The molecule has 0 aliphatic heterocycles. The van der Waals surface area contributed by atoms with Crippen LogP contribution in [-0.4, -0.2) is 28.9 Å². The van der Waals surface area contributed by atoms with Crippen molar-refractivity contribution in [1.82, 2.24) is 5.16 Å². The fourth-order valence-corrected chi connectivity index (χ4v) is 4.78. The van der Waals surface area contributed by atoms with Crippen LogP contribution in [-0.2, 0) is 9.53 Å². The number of benzene rings is 2. The molecule has 3 aromatic rings. The number of carbonyl (C=O) groups is 2. The van der Waals surface area contributed by atoms with Gasteiger partial charge in [-0.15, -0.1) is 0 Å². The summed E-state index contributed by atoms with van der Waals surface area (Å²) in [5.41, 5.74) is 3.35. The number of nitrogens with zero attached hydrogens (tertiary/aromatic N) is 2. The average Bonchev–Trinajstić information content (AvgIpc) is 3.22. The first kappa shape index (κ1) is 23.8. The Morgan fingerprint density at radius 1 is 1.15 bits per heavy atom. The van der Waals surface area contributed by atoms with Gasteiger partial charge in [0, 0.05) is 5.56 Å². The lowest BCUT2D eigenvalue weighted by molar-refractivity contribution is -0.142. The van der Waals surface area contributed by atoms with Gasteiger partial charge in [-0.2, -0.15) is 0 Å². The van der Waals surface area contributed by atoms with E-state index >= 15 is 0 Å². The number of aryl methyl sites for hydroxylation is 1. The number of carboxylic acid groups (broad SMARTS) is 1. The number of halogens is 1. The van der Waals surface area contributed by atoms with Crippen molar-refractivity contribution < 1.29 is 24.0 Å². The summed E-state index contributed by atoms with van der Waals surface area (Å²) in [6.45, 7) is 3.71. The number of anilines is 2. The van der Waals surface area contributed by atoms with Gasteiger partial charge in [0.25, 0.3) is 0 Å². The van der Waals surface area contributed by atoms with Crippen molar-refractivity contribution in [3.05, 3.63) is 64.8 Å². The summed E-state index contributed by atoms with van der Waals surface area (Å²) in [5, 5.41) is 13.8. The van der Waals surface area contributed by atoms with Crippen LogP contribution < -0.4 is 4.90 Å². The molecule has 0 unspecified atom stereocenters. The number of ether oxygens (including phenoxy) is 1. The zero-order valence-corrected chi connectivity index (χ0v) is 19.9. The van der Waals surface area contributed by atoms with Crippen molar-refractivity contribution in [3.63, 3.8) is 0 Å². The summed E-state index contributed by atoms with van der Waals surface area (Å²) >= 11 is 6.45. The number of carbonyl (C=O) groups excluding carboxylic acids is 1. The molecule has 0 atom stereocenters. The van der Waals surface area contributed by atoms with E-state index in [0.29, 0.717) is 40.7 Å². The number of amides is 1. The zero-order valence-electron chi connectivity index (χ0n) is 19.2. The molecule has 4 rings (SSSR count). The van der Waals surface area contributed by atoms with Crippen molar-refractivity contribution in [2.45, 2.75) is 45.4 Å². The lowest BCUT2D eigenvalue weighted by Gasteiger charge is -2.26. The first-order valence-electron chi connectivity index (χ1n) is 11.4. The van der Waals surface area contributed by atoms with Gasteiger partial charge in [-0.25, -0.2) is 9.69 Å². The molecule has 34 heavy (non-hydrogen) atoms. The van der Waals surface area contributed by atoms with Gasteiger partial charge in [-0.3, -0.25) is 4.79 Å². The third-order valence-corrected chi connectivity index (χ3v) is 6.62. The number of aromatic nitrogens is 1. The zero-order chi connectivity index (χ0) is 24.2. The highest BCUT2D eigenvalue weighted by molar-refractivity contribution is 6.34. The summed E-state index contributed by atoms with van der Waals surface area (Å²) in [4.78, 5) is 25.8. The molecule has 0 spiro atoms. The summed E-state index contributed by atoms with van der Waals surface area (Å²) in [7, 11) is 0. The monoisotopic (exact) mass is 482 g/mol. The molecule has 1 fully saturated rings. The van der Waals surface area contributed by atoms with E-state index in [4.69, 9.17) is 20.9 Å². The maximum absolute atomic E-state index is 13.1. The number of hydrogen-bond donors (Lipinski definition) is 1. The topological polar surface area (TPSA) is 92.9 Å². The Morgan fingerprint density at radius 2 is 1.88 bits per heavy atom. The fraction of sp³-hybridized carbons (Fsp3) is 0.346. The normalized spacial score (nSPS) is 17.9. The molecule has 7 nitrogen and oxygen atoms in total. The maximum atomic E-state index is 13.1. The molecule has 1 aromatic heterocycles. The smallest absolute Gasteiger partial charge is 0.419 e. The van der Waals surface area contributed by atoms with E-state index in [1.807, 2.05) is 18.2 Å². The Morgan fingerprint density at radius 3 is 2.56 bits per heavy atom. The lowest BCUT2D eigenvalue weighted by atomic mass is 9.78. The molecule has 1 amide bonds. The Bertz CT molecular complexity index is 1180. The first-order valence-corrected chi connectivity index (χ1v) is 11.8. The van der Waals surface area contributed by atoms with Gasteiger partial charge in [0.2, 0.25) is 0 Å². The van der Waals surface area contributed by atoms with E-state index in [1.54, 1.807) is 38.1 Å². The highest BCUT2D eigenvalue weighted by atomic mass is 35.5. The van der Waals surface area contributed by atoms with Crippen LogP contribution in [0.1, 0.15) is 49.8 Å². The Balaban J connectivity index is 1.73. The largest absolute Gasteiger partial charge is 0.481 e. The van der Waals surface area contributed by atoms with Crippen LogP contribution in [0, 0.1) is 12.8 Å². The minimum Gasteiger partial charge on any atom is -0.481 e. The molecule has 0 saturated heterocycles. The van der Waals surface area contributed by atoms with Crippen LogP contribution >= 0.6 is 11.6 Å². The quantitative estimate of drug-likeness (QED) is 0.408. The molecule has 1 N–H and O–H groups in total. The molecular weight excluding hydrogens is 456 g/mol. The van der Waals surface area contributed by atoms with E-state index in [2.05, 4.69) is 11.2 Å². The van der Waals surface area contributed by atoms with Crippen molar-refractivity contribution in [1.29, 1.82) is 0 Å². The van der Waals surface area contributed by atoms with Gasteiger partial charge in [-0.05, 0) is 69.2 Å². The molecule has 1 saturated carbocycles. The summed E-state index contributed by atoms with van der Waals surface area (Å²) in [5.74, 6) is -0.274. The second kappa shape index (κ2) is 10.3. The Labute approximate surface area is 203 Å². The van der Waals surface area contributed by atoms with Crippen molar-refractivity contribution >= 4 is 35.0 Å². The third-order valence-electron chi connectivity index (χ3n) is 6.30. The summed E-state index contributed by atoms with van der Waals surface area (Å²) in [6.07, 6.45) is 2.39. The van der Waals surface area contributed by atoms with E-state index in [0.717, 1.165) is 24.0 Å². The number of hydrogen-bond acceptors (Lipinski definition) is 5. The molecule has 0 radical (unpaired) electrons. The summed E-state index contributed by atoms with van der Waals surface area (Å²) < 4.78 is 11.1. The van der Waals surface area contributed by atoms with Gasteiger partial charge in [-0.1, -0.05) is 47.1 Å². The molecule has 1 heterocycles. The third kappa shape index (κ3) is 4.80. The highest BCUT2D eigenvalue weighted by Gasteiger charge is 2.31. The number of carboxylic acids is 1. The van der Waals surface area contributed by atoms with Crippen LogP contribution in [0.4, 0.5) is 16.2 Å². The van der Waals surface area contributed by atoms with Crippen LogP contribution in [0.15, 0.2) is 53.1 Å². The van der Waals surface area contributed by atoms with Gasteiger partial charge in [0.05, 0.1) is 23.2 Å². The predicted molar refractivity (Wildman–Crippen MR) is 130 cm³/mol. The highest BCUT2D eigenvalue weighted by Crippen LogP contribution is 2.42. The molecule has 1 aliphatic rings. The molecule has 1 aliphatic carbocycles. The number of aliphatic carboxylic acids is 1. The van der Waals surface area contributed by atoms with Crippen molar-refractivity contribution in [2.24, 2.45) is 5.92 Å². The van der Waals surface area contributed by atoms with Crippen LogP contribution in [0.5, 0.6) is 0 Å². The summed E-state index contributed by atoms with van der Waals surface area (Å²) in [6, 6.07) is 15.0. The lowest BCUT2D eigenvalue weighted by Crippen LogP contribution is -2.27. The van der Waals surface area contributed by atoms with Crippen molar-refractivity contribution in [2.75, 3.05) is 11.5 Å². The van der Waals surface area contributed by atoms with E-state index in [-0.39, 0.29) is 18.4 Å². The second-order valence-electron chi connectivity index (χ2n) is 8.44. The van der Waals surface area contributed by atoms with Crippen LogP contribution in [0.2, 0.25) is 5.02 Å². The minimum atomic E-state index is -0.715. The van der Waals surface area contributed by atoms with Crippen LogP contribution in [0.3, 0.4) is 0 Å².